The first-order valence-corrected chi connectivity index (χ1v) is 5.02. The van der Waals surface area contributed by atoms with Crippen LogP contribution in [0.25, 0.3) is 11.1 Å². The molecule has 2 aromatic rings. The zero-order valence-corrected chi connectivity index (χ0v) is 8.91. The second-order valence-corrected chi connectivity index (χ2v) is 3.76. The number of hydrogen-bond donors (Lipinski definition) is 0. The van der Waals surface area contributed by atoms with Gasteiger partial charge in [0, 0.05) is 5.56 Å². The average Bonchev–Trinajstić information content (AvgIpc) is 2.29. The van der Waals surface area contributed by atoms with Crippen LogP contribution in [0.4, 0.5) is 4.39 Å². The van der Waals surface area contributed by atoms with Crippen molar-refractivity contribution in [1.82, 2.24) is 0 Å². The standard InChI is InChI=1S/C14H11FO/c1-10-6-11(9-16)8-13(7-10)12-2-4-14(15)5-3-12/h2-9H,1H3. The molecule has 0 radical (unpaired) electrons. The van der Waals surface area contributed by atoms with Crippen LogP contribution < -0.4 is 0 Å². The first kappa shape index (κ1) is 10.6. The Balaban J connectivity index is 2.51. The predicted octanol–water partition coefficient (Wildman–Crippen LogP) is 3.61. The largest absolute Gasteiger partial charge is 0.298 e. The van der Waals surface area contributed by atoms with Gasteiger partial charge in [-0.1, -0.05) is 18.2 Å². The Morgan fingerprint density at radius 2 is 1.69 bits per heavy atom. The predicted molar refractivity (Wildman–Crippen MR) is 62.0 cm³/mol. The molecule has 0 spiro atoms. The van der Waals surface area contributed by atoms with Gasteiger partial charge in [0.2, 0.25) is 0 Å². The lowest BCUT2D eigenvalue weighted by Crippen LogP contribution is -1.86. The fourth-order valence-corrected chi connectivity index (χ4v) is 1.69. The Bertz CT molecular complexity index is 515. The topological polar surface area (TPSA) is 17.1 Å². The molecular weight excluding hydrogens is 203 g/mol. The summed E-state index contributed by atoms with van der Waals surface area (Å²) in [6.45, 7) is 1.93. The zero-order valence-electron chi connectivity index (χ0n) is 8.91. The van der Waals surface area contributed by atoms with Gasteiger partial charge in [0.05, 0.1) is 0 Å². The minimum atomic E-state index is -0.257. The smallest absolute Gasteiger partial charge is 0.150 e. The van der Waals surface area contributed by atoms with Crippen LogP contribution in [0.15, 0.2) is 42.5 Å². The highest BCUT2D eigenvalue weighted by molar-refractivity contribution is 5.79. The van der Waals surface area contributed by atoms with E-state index in [2.05, 4.69) is 0 Å². The molecule has 0 amide bonds. The van der Waals surface area contributed by atoms with E-state index in [4.69, 9.17) is 0 Å². The lowest BCUT2D eigenvalue weighted by molar-refractivity contribution is 0.112. The summed E-state index contributed by atoms with van der Waals surface area (Å²) in [5.74, 6) is -0.257. The van der Waals surface area contributed by atoms with Gasteiger partial charge >= 0.3 is 0 Å². The van der Waals surface area contributed by atoms with Crippen LogP contribution in [0.3, 0.4) is 0 Å². The highest BCUT2D eigenvalue weighted by Crippen LogP contribution is 2.22. The molecule has 0 atom stereocenters. The number of rotatable bonds is 2. The second kappa shape index (κ2) is 4.27. The van der Waals surface area contributed by atoms with Crippen LogP contribution in [0.1, 0.15) is 15.9 Å². The van der Waals surface area contributed by atoms with Crippen molar-refractivity contribution in [1.29, 1.82) is 0 Å². The molecular formula is C14H11FO. The molecule has 0 aromatic heterocycles. The Labute approximate surface area is 93.5 Å². The number of aryl methyl sites for hydroxylation is 1. The van der Waals surface area contributed by atoms with Crippen molar-refractivity contribution in [3.63, 3.8) is 0 Å². The molecule has 0 heterocycles. The van der Waals surface area contributed by atoms with Crippen LogP contribution in [0.5, 0.6) is 0 Å². The van der Waals surface area contributed by atoms with Gasteiger partial charge in [0.15, 0.2) is 0 Å². The molecule has 0 saturated heterocycles. The summed E-state index contributed by atoms with van der Waals surface area (Å²) in [6.07, 6.45) is 0.819. The third-order valence-corrected chi connectivity index (χ3v) is 2.41. The van der Waals surface area contributed by atoms with Crippen molar-refractivity contribution >= 4 is 6.29 Å². The lowest BCUT2D eigenvalue weighted by atomic mass is 10.0. The van der Waals surface area contributed by atoms with Crippen LogP contribution in [0.2, 0.25) is 0 Å². The molecule has 2 rings (SSSR count). The van der Waals surface area contributed by atoms with Crippen LogP contribution >= 0.6 is 0 Å². The number of carbonyl (C=O) groups excluding carboxylic acids is 1. The van der Waals surface area contributed by atoms with E-state index < -0.39 is 0 Å². The van der Waals surface area contributed by atoms with Crippen molar-refractivity contribution < 1.29 is 9.18 Å². The fourth-order valence-electron chi connectivity index (χ4n) is 1.69. The summed E-state index contributed by atoms with van der Waals surface area (Å²) in [5, 5.41) is 0. The molecule has 0 bridgehead atoms. The first-order chi connectivity index (χ1) is 7.69. The molecule has 0 unspecified atom stereocenters. The van der Waals surface area contributed by atoms with Crippen molar-refractivity contribution in [3.05, 3.63) is 59.4 Å². The normalized spacial score (nSPS) is 10.1. The Morgan fingerprint density at radius 3 is 2.31 bits per heavy atom. The zero-order chi connectivity index (χ0) is 11.5. The number of halogens is 1. The van der Waals surface area contributed by atoms with Gasteiger partial charge in [-0.2, -0.15) is 0 Å². The molecule has 80 valence electrons. The molecule has 16 heavy (non-hydrogen) atoms. The number of carbonyl (C=O) groups is 1. The molecule has 0 aliphatic carbocycles. The van der Waals surface area contributed by atoms with E-state index in [1.54, 1.807) is 18.2 Å². The summed E-state index contributed by atoms with van der Waals surface area (Å²) < 4.78 is 12.8. The molecule has 1 nitrogen and oxygen atoms in total. The maximum absolute atomic E-state index is 12.8. The highest BCUT2D eigenvalue weighted by atomic mass is 19.1. The lowest BCUT2D eigenvalue weighted by Gasteiger charge is -2.04. The van der Waals surface area contributed by atoms with E-state index in [1.165, 1.54) is 12.1 Å². The Kier molecular flexibility index (Phi) is 2.82. The van der Waals surface area contributed by atoms with Gasteiger partial charge in [-0.05, 0) is 47.9 Å². The monoisotopic (exact) mass is 214 g/mol. The summed E-state index contributed by atoms with van der Waals surface area (Å²) in [6, 6.07) is 11.8. The maximum atomic E-state index is 12.8. The molecule has 0 aliphatic rings. The summed E-state index contributed by atoms with van der Waals surface area (Å²) in [5.41, 5.74) is 3.50. The summed E-state index contributed by atoms with van der Waals surface area (Å²) in [4.78, 5) is 10.7. The van der Waals surface area contributed by atoms with Gasteiger partial charge < -0.3 is 0 Å². The Hall–Kier alpha value is -1.96. The molecule has 0 N–H and O–H groups in total. The van der Waals surface area contributed by atoms with E-state index in [0.717, 1.165) is 23.0 Å². The van der Waals surface area contributed by atoms with E-state index in [9.17, 15) is 9.18 Å². The van der Waals surface area contributed by atoms with Crippen LogP contribution in [0, 0.1) is 12.7 Å². The SMILES string of the molecule is Cc1cc(C=O)cc(-c2ccc(F)cc2)c1. The third kappa shape index (κ3) is 2.16. The quantitative estimate of drug-likeness (QED) is 0.698. The molecule has 0 saturated carbocycles. The number of hydrogen-bond acceptors (Lipinski definition) is 1. The maximum Gasteiger partial charge on any atom is 0.150 e. The van der Waals surface area contributed by atoms with Crippen molar-refractivity contribution in [3.8, 4) is 11.1 Å². The van der Waals surface area contributed by atoms with Crippen LogP contribution in [-0.2, 0) is 0 Å². The highest BCUT2D eigenvalue weighted by Gasteiger charge is 2.01. The first-order valence-electron chi connectivity index (χ1n) is 5.02. The Morgan fingerprint density at radius 1 is 1.00 bits per heavy atom. The fraction of sp³-hybridized carbons (Fsp3) is 0.0714. The van der Waals surface area contributed by atoms with E-state index >= 15 is 0 Å². The minimum Gasteiger partial charge on any atom is -0.298 e. The van der Waals surface area contributed by atoms with Gasteiger partial charge in [0.1, 0.15) is 12.1 Å². The van der Waals surface area contributed by atoms with Crippen molar-refractivity contribution in [2.24, 2.45) is 0 Å². The number of aldehydes is 1. The van der Waals surface area contributed by atoms with Gasteiger partial charge in [-0.25, -0.2) is 4.39 Å². The van der Waals surface area contributed by atoms with Crippen LogP contribution in [-0.4, -0.2) is 6.29 Å². The minimum absolute atomic E-state index is 0.257. The molecule has 2 heteroatoms. The van der Waals surface area contributed by atoms with E-state index in [0.29, 0.717) is 5.56 Å². The van der Waals surface area contributed by atoms with Crippen molar-refractivity contribution in [2.45, 2.75) is 6.92 Å². The van der Waals surface area contributed by atoms with Gasteiger partial charge in [-0.3, -0.25) is 4.79 Å². The van der Waals surface area contributed by atoms with E-state index in [-0.39, 0.29) is 5.82 Å². The summed E-state index contributed by atoms with van der Waals surface area (Å²) >= 11 is 0. The van der Waals surface area contributed by atoms with E-state index in [1.807, 2.05) is 19.1 Å². The van der Waals surface area contributed by atoms with Gasteiger partial charge in [0.25, 0.3) is 0 Å². The summed E-state index contributed by atoms with van der Waals surface area (Å²) in [7, 11) is 0. The van der Waals surface area contributed by atoms with Gasteiger partial charge in [-0.15, -0.1) is 0 Å². The molecule has 2 aromatic carbocycles. The third-order valence-electron chi connectivity index (χ3n) is 2.41. The molecule has 0 fully saturated rings. The average molecular weight is 214 g/mol. The number of benzene rings is 2. The second-order valence-electron chi connectivity index (χ2n) is 3.76. The van der Waals surface area contributed by atoms with Crippen molar-refractivity contribution in [2.75, 3.05) is 0 Å². The molecule has 0 aliphatic heterocycles.